The molecule has 0 amide bonds. The first-order chi connectivity index (χ1) is 10.6. The molecule has 2 nitrogen and oxygen atoms in total. The third-order valence-electron chi connectivity index (χ3n) is 3.97. The number of nitrogens with one attached hydrogen (secondary N) is 1. The third-order valence-corrected chi connectivity index (χ3v) is 3.97. The molecule has 0 aromatic heterocycles. The highest BCUT2D eigenvalue weighted by Crippen LogP contribution is 2.38. The first-order valence-corrected chi connectivity index (χ1v) is 7.37. The van der Waals surface area contributed by atoms with Gasteiger partial charge >= 0.3 is 12.4 Å². The van der Waals surface area contributed by atoms with Gasteiger partial charge in [-0.1, -0.05) is 6.92 Å². The molecule has 1 atom stereocenters. The second-order valence-corrected chi connectivity index (χ2v) is 5.55. The summed E-state index contributed by atoms with van der Waals surface area (Å²) in [7, 11) is 0. The summed E-state index contributed by atoms with van der Waals surface area (Å²) in [6.07, 6.45) is -9.17. The minimum absolute atomic E-state index is 0. The Kier molecular flexibility index (Phi) is 6.95. The largest absolute Gasteiger partial charge is 0.416 e. The fourth-order valence-electron chi connectivity index (χ4n) is 2.87. The number of rotatable bonds is 3. The molecule has 1 heterocycles. The predicted octanol–water partition coefficient (Wildman–Crippen LogP) is 4.50. The molecule has 0 spiro atoms. The number of nitrogens with zero attached hydrogens (tertiary/aromatic N) is 1. The molecule has 1 aliphatic rings. The predicted molar refractivity (Wildman–Crippen MR) is 81.2 cm³/mol. The van der Waals surface area contributed by atoms with E-state index in [0.717, 1.165) is 12.1 Å². The lowest BCUT2D eigenvalue weighted by atomic mass is 9.96. The van der Waals surface area contributed by atoms with E-state index in [1.54, 1.807) is 6.92 Å². The summed E-state index contributed by atoms with van der Waals surface area (Å²) in [4.78, 5) is 1.92. The molecule has 138 valence electrons. The topological polar surface area (TPSA) is 15.3 Å². The molecular formula is C15H19ClF6N2. The molecule has 0 aliphatic carbocycles. The Balaban J connectivity index is 0.00000288. The van der Waals surface area contributed by atoms with Crippen LogP contribution in [-0.2, 0) is 12.4 Å². The monoisotopic (exact) mass is 376 g/mol. The van der Waals surface area contributed by atoms with Crippen molar-refractivity contribution in [1.29, 1.82) is 0 Å². The molecule has 0 unspecified atom stereocenters. The van der Waals surface area contributed by atoms with Gasteiger partial charge in [0.15, 0.2) is 0 Å². The highest BCUT2D eigenvalue weighted by Gasteiger charge is 2.38. The van der Waals surface area contributed by atoms with Crippen LogP contribution in [0.1, 0.15) is 36.1 Å². The van der Waals surface area contributed by atoms with Crippen LogP contribution in [0.5, 0.6) is 0 Å². The van der Waals surface area contributed by atoms with Crippen molar-refractivity contribution in [1.82, 2.24) is 10.2 Å². The van der Waals surface area contributed by atoms with Gasteiger partial charge in [0, 0.05) is 32.2 Å². The Morgan fingerprint density at radius 1 is 0.958 bits per heavy atom. The van der Waals surface area contributed by atoms with Crippen LogP contribution in [0.15, 0.2) is 18.2 Å². The lowest BCUT2D eigenvalue weighted by Gasteiger charge is -2.35. The van der Waals surface area contributed by atoms with E-state index in [1.165, 1.54) is 0 Å². The summed E-state index contributed by atoms with van der Waals surface area (Å²) in [5, 5.41) is 3.11. The molecule has 9 heteroatoms. The molecule has 2 rings (SSSR count). The van der Waals surface area contributed by atoms with Crippen molar-refractivity contribution in [2.75, 3.05) is 26.2 Å². The minimum Gasteiger partial charge on any atom is -0.314 e. The van der Waals surface area contributed by atoms with E-state index < -0.39 is 29.5 Å². The van der Waals surface area contributed by atoms with Gasteiger partial charge in [-0.2, -0.15) is 26.3 Å². The van der Waals surface area contributed by atoms with Gasteiger partial charge in [-0.05, 0) is 30.2 Å². The van der Waals surface area contributed by atoms with Crippen molar-refractivity contribution < 1.29 is 26.3 Å². The molecule has 0 saturated carbocycles. The third kappa shape index (κ3) is 5.00. The molecular weight excluding hydrogens is 358 g/mol. The van der Waals surface area contributed by atoms with Crippen molar-refractivity contribution in [3.05, 3.63) is 34.9 Å². The zero-order chi connectivity index (χ0) is 17.3. The number of alkyl halides is 6. The summed E-state index contributed by atoms with van der Waals surface area (Å²) >= 11 is 0. The molecule has 1 saturated heterocycles. The average Bonchev–Trinajstić information content (AvgIpc) is 2.47. The zero-order valence-electron chi connectivity index (χ0n) is 13.0. The van der Waals surface area contributed by atoms with Crippen molar-refractivity contribution in [3.63, 3.8) is 0 Å². The number of benzene rings is 1. The maximum atomic E-state index is 13.0. The van der Waals surface area contributed by atoms with Crippen LogP contribution in [0.4, 0.5) is 26.3 Å². The Labute approximate surface area is 142 Å². The second-order valence-electron chi connectivity index (χ2n) is 5.55. The van der Waals surface area contributed by atoms with Crippen LogP contribution >= 0.6 is 12.4 Å². The maximum Gasteiger partial charge on any atom is 0.416 e. The van der Waals surface area contributed by atoms with Gasteiger partial charge in [0.1, 0.15) is 0 Å². The van der Waals surface area contributed by atoms with Gasteiger partial charge in [-0.15, -0.1) is 12.4 Å². The van der Waals surface area contributed by atoms with Crippen LogP contribution < -0.4 is 5.32 Å². The first kappa shape index (κ1) is 21.1. The van der Waals surface area contributed by atoms with Crippen LogP contribution in [0, 0.1) is 0 Å². The van der Waals surface area contributed by atoms with E-state index in [9.17, 15) is 26.3 Å². The van der Waals surface area contributed by atoms with Gasteiger partial charge in [0.05, 0.1) is 11.1 Å². The number of hydrogen-bond acceptors (Lipinski definition) is 2. The normalized spacial score (nSPS) is 18.1. The molecule has 24 heavy (non-hydrogen) atoms. The molecule has 1 aromatic carbocycles. The zero-order valence-corrected chi connectivity index (χ0v) is 13.8. The summed E-state index contributed by atoms with van der Waals surface area (Å²) in [5.41, 5.74) is -2.44. The Morgan fingerprint density at radius 2 is 1.42 bits per heavy atom. The molecule has 1 N–H and O–H groups in total. The van der Waals surface area contributed by atoms with Crippen molar-refractivity contribution in [3.8, 4) is 0 Å². The highest BCUT2D eigenvalue weighted by atomic mass is 35.5. The Bertz CT molecular complexity index is 505. The number of piperazine rings is 1. The SMILES string of the molecule is CC[C@H](c1cc(C(F)(F)F)cc(C(F)(F)F)c1)N1CCNCC1.Cl. The van der Waals surface area contributed by atoms with E-state index in [-0.39, 0.29) is 24.0 Å². The number of hydrogen-bond donors (Lipinski definition) is 1. The standard InChI is InChI=1S/C15H18F6N2.ClH/c1-2-13(23-5-3-22-4-6-23)10-7-11(14(16,17)18)9-12(8-10)15(19,20)21;/h7-9,13,22H,2-6H2,1H3;1H/t13-;/m1./s1. The van der Waals surface area contributed by atoms with Gasteiger partial charge in [-0.25, -0.2) is 0 Å². The van der Waals surface area contributed by atoms with Gasteiger partial charge in [0.2, 0.25) is 0 Å². The van der Waals surface area contributed by atoms with Gasteiger partial charge in [0.25, 0.3) is 0 Å². The average molecular weight is 377 g/mol. The first-order valence-electron chi connectivity index (χ1n) is 7.37. The van der Waals surface area contributed by atoms with Crippen LogP contribution in [0.2, 0.25) is 0 Å². The van der Waals surface area contributed by atoms with E-state index in [1.807, 2.05) is 4.90 Å². The summed E-state index contributed by atoms with van der Waals surface area (Å²) in [6, 6.07) is 1.39. The van der Waals surface area contributed by atoms with E-state index in [2.05, 4.69) is 5.32 Å². The fraction of sp³-hybridized carbons (Fsp3) is 0.600. The van der Waals surface area contributed by atoms with E-state index in [4.69, 9.17) is 0 Å². The van der Waals surface area contributed by atoms with Gasteiger partial charge in [-0.3, -0.25) is 4.90 Å². The van der Waals surface area contributed by atoms with Crippen molar-refractivity contribution in [2.45, 2.75) is 31.7 Å². The molecule has 1 fully saturated rings. The van der Waals surface area contributed by atoms with Crippen LogP contribution in [-0.4, -0.2) is 31.1 Å². The summed E-state index contributed by atoms with van der Waals surface area (Å²) in [6.45, 7) is 4.29. The molecule has 1 aliphatic heterocycles. The van der Waals surface area contributed by atoms with Crippen molar-refractivity contribution >= 4 is 12.4 Å². The summed E-state index contributed by atoms with van der Waals surface area (Å²) in [5.74, 6) is 0. The molecule has 0 radical (unpaired) electrons. The van der Waals surface area contributed by atoms with Gasteiger partial charge < -0.3 is 5.32 Å². The Hall–Kier alpha value is -0.990. The smallest absolute Gasteiger partial charge is 0.314 e. The van der Waals surface area contributed by atoms with Crippen molar-refractivity contribution in [2.24, 2.45) is 0 Å². The van der Waals surface area contributed by atoms with E-state index in [0.29, 0.717) is 32.6 Å². The Morgan fingerprint density at radius 3 is 1.79 bits per heavy atom. The van der Waals surface area contributed by atoms with E-state index >= 15 is 0 Å². The van der Waals surface area contributed by atoms with Crippen LogP contribution in [0.3, 0.4) is 0 Å². The summed E-state index contributed by atoms with van der Waals surface area (Å²) < 4.78 is 77.7. The molecule has 1 aromatic rings. The molecule has 0 bridgehead atoms. The number of halogens is 7. The lowest BCUT2D eigenvalue weighted by Crippen LogP contribution is -2.45. The van der Waals surface area contributed by atoms with Crippen LogP contribution in [0.25, 0.3) is 0 Å². The second kappa shape index (κ2) is 7.93. The minimum atomic E-state index is -4.81. The fourth-order valence-corrected chi connectivity index (χ4v) is 2.87. The highest BCUT2D eigenvalue weighted by molar-refractivity contribution is 5.85. The quantitative estimate of drug-likeness (QED) is 0.781. The lowest BCUT2D eigenvalue weighted by molar-refractivity contribution is -0.143. The maximum absolute atomic E-state index is 13.0.